The van der Waals surface area contributed by atoms with Crippen molar-refractivity contribution in [1.82, 2.24) is 24.1 Å². The van der Waals surface area contributed by atoms with Crippen LogP contribution in [0.25, 0.3) is 100 Å². The average Bonchev–Trinajstić information content (AvgIpc) is 3.82. The summed E-state index contributed by atoms with van der Waals surface area (Å²) in [6.45, 7) is 0. The van der Waals surface area contributed by atoms with Crippen LogP contribution in [-0.4, -0.2) is 24.1 Å². The number of aromatic nitrogens is 5. The third-order valence-electron chi connectivity index (χ3n) is 11.0. The van der Waals surface area contributed by atoms with E-state index in [4.69, 9.17) is 15.0 Å². The summed E-state index contributed by atoms with van der Waals surface area (Å²) in [6.07, 6.45) is 0. The van der Waals surface area contributed by atoms with Crippen LogP contribution in [0.4, 0.5) is 0 Å². The lowest BCUT2D eigenvalue weighted by molar-refractivity contribution is 1.06. The molecule has 3 heterocycles. The Bertz CT molecular complexity index is 3300. The molecule has 6 heteroatoms. The largest absolute Gasteiger partial charge is 0.309 e. The summed E-state index contributed by atoms with van der Waals surface area (Å²) in [5.41, 5.74) is 11.4. The van der Waals surface area contributed by atoms with Crippen molar-refractivity contribution in [3.8, 4) is 62.7 Å². The van der Waals surface area contributed by atoms with Crippen LogP contribution in [0, 0.1) is 11.3 Å². The number of nitriles is 1. The number of benzene rings is 8. The Balaban J connectivity index is 1.20. The first-order valence-electron chi connectivity index (χ1n) is 19.3. The van der Waals surface area contributed by atoms with Crippen LogP contribution in [0.3, 0.4) is 0 Å². The topological polar surface area (TPSA) is 72.3 Å². The second-order valence-electron chi connectivity index (χ2n) is 14.4. The molecule has 0 spiro atoms. The maximum absolute atomic E-state index is 10.2. The highest BCUT2D eigenvalue weighted by Crippen LogP contribution is 2.40. The second kappa shape index (κ2) is 13.6. The average molecular weight is 741 g/mol. The highest BCUT2D eigenvalue weighted by atomic mass is 15.1. The van der Waals surface area contributed by atoms with Gasteiger partial charge in [0.05, 0.1) is 39.4 Å². The number of hydrogen-bond acceptors (Lipinski definition) is 4. The van der Waals surface area contributed by atoms with E-state index in [2.05, 4.69) is 124 Å². The zero-order valence-electron chi connectivity index (χ0n) is 31.2. The van der Waals surface area contributed by atoms with Gasteiger partial charge in [-0.3, -0.25) is 0 Å². The van der Waals surface area contributed by atoms with Crippen molar-refractivity contribution in [3.05, 3.63) is 200 Å². The first kappa shape index (κ1) is 33.2. The number of hydrogen-bond donors (Lipinski definition) is 0. The highest BCUT2D eigenvalue weighted by Gasteiger charge is 2.22. The molecule has 270 valence electrons. The molecule has 11 rings (SSSR count). The first-order chi connectivity index (χ1) is 28.7. The minimum absolute atomic E-state index is 0.534. The summed E-state index contributed by atoms with van der Waals surface area (Å²) in [5.74, 6) is 1.69. The number of nitrogens with zero attached hydrogens (tertiary/aromatic N) is 6. The number of rotatable bonds is 6. The van der Waals surface area contributed by atoms with Crippen LogP contribution in [0.1, 0.15) is 5.56 Å². The molecule has 0 atom stereocenters. The van der Waals surface area contributed by atoms with Gasteiger partial charge in [0.25, 0.3) is 0 Å². The second-order valence-corrected chi connectivity index (χ2v) is 14.4. The number of fused-ring (bicyclic) bond motifs is 6. The fraction of sp³-hybridized carbons (Fsp3) is 0. The lowest BCUT2D eigenvalue weighted by Crippen LogP contribution is -2.04. The van der Waals surface area contributed by atoms with Crippen molar-refractivity contribution < 1.29 is 0 Å². The van der Waals surface area contributed by atoms with E-state index in [1.807, 2.05) is 84.9 Å². The van der Waals surface area contributed by atoms with Gasteiger partial charge in [0, 0.05) is 43.9 Å². The maximum Gasteiger partial charge on any atom is 0.166 e. The van der Waals surface area contributed by atoms with Gasteiger partial charge in [-0.15, -0.1) is 0 Å². The Morgan fingerprint density at radius 3 is 1.48 bits per heavy atom. The molecule has 58 heavy (non-hydrogen) atoms. The molecule has 0 unspecified atom stereocenters. The standard InChI is InChI=1S/C52H32N6/c53-33-37-19-7-8-20-39(37)36-27-29-49(44(31-36)52-55-50(34-15-3-1-4-16-34)54-51(56-52)35-17-5-2-6-18-35)58-47-26-14-11-23-42(47)43-32-38(28-30-48(43)58)57-45-24-12-9-21-40(45)41-22-10-13-25-46(41)57/h1-32H. The van der Waals surface area contributed by atoms with Gasteiger partial charge in [-0.2, -0.15) is 5.26 Å². The fourth-order valence-corrected chi connectivity index (χ4v) is 8.40. The van der Waals surface area contributed by atoms with Crippen molar-refractivity contribution in [1.29, 1.82) is 5.26 Å². The van der Waals surface area contributed by atoms with Crippen LogP contribution in [0.2, 0.25) is 0 Å². The van der Waals surface area contributed by atoms with Crippen LogP contribution in [0.5, 0.6) is 0 Å². The predicted octanol–water partition coefficient (Wildman–Crippen LogP) is 12.6. The van der Waals surface area contributed by atoms with E-state index in [1.165, 1.54) is 21.8 Å². The predicted molar refractivity (Wildman–Crippen MR) is 235 cm³/mol. The van der Waals surface area contributed by atoms with Crippen LogP contribution in [0.15, 0.2) is 194 Å². The summed E-state index contributed by atoms with van der Waals surface area (Å²) >= 11 is 0. The van der Waals surface area contributed by atoms with Crippen LogP contribution < -0.4 is 0 Å². The van der Waals surface area contributed by atoms with Gasteiger partial charge in [0.1, 0.15) is 0 Å². The molecule has 0 aliphatic heterocycles. The zero-order chi connectivity index (χ0) is 38.6. The molecule has 0 fully saturated rings. The lowest BCUT2D eigenvalue weighted by atomic mass is 9.97. The summed E-state index contributed by atoms with van der Waals surface area (Å²) in [6, 6.07) is 69.1. The molecule has 3 aromatic heterocycles. The Morgan fingerprint density at radius 1 is 0.362 bits per heavy atom. The normalized spacial score (nSPS) is 11.4. The number of para-hydroxylation sites is 3. The Hall–Kier alpha value is -8.14. The first-order valence-corrected chi connectivity index (χ1v) is 19.3. The zero-order valence-corrected chi connectivity index (χ0v) is 31.2. The quantitative estimate of drug-likeness (QED) is 0.170. The van der Waals surface area contributed by atoms with Gasteiger partial charge in [0.2, 0.25) is 0 Å². The van der Waals surface area contributed by atoms with E-state index in [0.29, 0.717) is 23.0 Å². The van der Waals surface area contributed by atoms with Gasteiger partial charge in [0.15, 0.2) is 17.5 Å². The molecule has 0 N–H and O–H groups in total. The molecule has 0 radical (unpaired) electrons. The Morgan fingerprint density at radius 2 is 0.862 bits per heavy atom. The summed E-state index contributed by atoms with van der Waals surface area (Å²) in [5, 5.41) is 14.9. The smallest absolute Gasteiger partial charge is 0.166 e. The van der Waals surface area contributed by atoms with E-state index in [0.717, 1.165) is 61.0 Å². The van der Waals surface area contributed by atoms with Gasteiger partial charge < -0.3 is 9.13 Å². The molecule has 11 aromatic rings. The van der Waals surface area contributed by atoms with Crippen LogP contribution in [-0.2, 0) is 0 Å². The van der Waals surface area contributed by atoms with Crippen molar-refractivity contribution in [3.63, 3.8) is 0 Å². The summed E-state index contributed by atoms with van der Waals surface area (Å²) < 4.78 is 4.69. The van der Waals surface area contributed by atoms with Crippen molar-refractivity contribution >= 4 is 43.6 Å². The maximum atomic E-state index is 10.2. The lowest BCUT2D eigenvalue weighted by Gasteiger charge is -2.17. The highest BCUT2D eigenvalue weighted by molar-refractivity contribution is 6.12. The minimum Gasteiger partial charge on any atom is -0.309 e. The van der Waals surface area contributed by atoms with Crippen molar-refractivity contribution in [2.45, 2.75) is 0 Å². The summed E-state index contributed by atoms with van der Waals surface area (Å²) in [4.78, 5) is 15.4. The SMILES string of the molecule is N#Cc1ccccc1-c1ccc(-n2c3ccccc3c3cc(-n4c5ccccc5c5ccccc54)ccc32)c(-c2nc(-c3ccccc3)nc(-c3ccccc3)n2)c1. The fourth-order valence-electron chi connectivity index (χ4n) is 8.40. The molecule has 6 nitrogen and oxygen atoms in total. The molecule has 0 saturated heterocycles. The molecule has 0 saturated carbocycles. The molecule has 0 aliphatic rings. The van der Waals surface area contributed by atoms with E-state index in [9.17, 15) is 5.26 Å². The molecule has 0 bridgehead atoms. The van der Waals surface area contributed by atoms with E-state index in [1.54, 1.807) is 0 Å². The molecular weight excluding hydrogens is 709 g/mol. The van der Waals surface area contributed by atoms with Crippen molar-refractivity contribution in [2.24, 2.45) is 0 Å². The Labute approximate surface area is 334 Å². The molecular formula is C52H32N6. The third-order valence-corrected chi connectivity index (χ3v) is 11.0. The molecule has 0 amide bonds. The Kier molecular flexibility index (Phi) is 7.76. The van der Waals surface area contributed by atoms with Gasteiger partial charge in [-0.1, -0.05) is 140 Å². The van der Waals surface area contributed by atoms with E-state index < -0.39 is 0 Å². The van der Waals surface area contributed by atoms with Gasteiger partial charge >= 0.3 is 0 Å². The third kappa shape index (κ3) is 5.37. The molecule has 8 aromatic carbocycles. The monoisotopic (exact) mass is 740 g/mol. The van der Waals surface area contributed by atoms with E-state index >= 15 is 0 Å². The molecule has 0 aliphatic carbocycles. The van der Waals surface area contributed by atoms with Gasteiger partial charge in [-0.05, 0) is 65.7 Å². The van der Waals surface area contributed by atoms with Crippen LogP contribution >= 0.6 is 0 Å². The van der Waals surface area contributed by atoms with E-state index in [-0.39, 0.29) is 0 Å². The summed E-state index contributed by atoms with van der Waals surface area (Å²) in [7, 11) is 0. The van der Waals surface area contributed by atoms with Crippen molar-refractivity contribution in [2.75, 3.05) is 0 Å². The van der Waals surface area contributed by atoms with Gasteiger partial charge in [-0.25, -0.2) is 15.0 Å². The minimum atomic E-state index is 0.534.